The van der Waals surface area contributed by atoms with Crippen LogP contribution in [0.25, 0.3) is 83.1 Å². The third-order valence-corrected chi connectivity index (χ3v) is 12.0. The summed E-state index contributed by atoms with van der Waals surface area (Å²) in [6.45, 7) is 0. The molecule has 0 saturated carbocycles. The number of nitrogens with zero attached hydrogens (tertiary/aromatic N) is 2. The third kappa shape index (κ3) is 6.84. The predicted octanol–water partition coefficient (Wildman–Crippen LogP) is 16.6. The van der Waals surface area contributed by atoms with Crippen LogP contribution in [0.4, 0.5) is 17.1 Å². The molecule has 0 unspecified atom stereocenters. The highest BCUT2D eigenvalue weighted by Gasteiger charge is 2.24. The summed E-state index contributed by atoms with van der Waals surface area (Å²) in [7, 11) is 0. The second-order valence-corrected chi connectivity index (χ2v) is 15.7. The molecule has 10 aromatic carbocycles. The van der Waals surface area contributed by atoms with Crippen LogP contribution >= 0.6 is 0 Å². The average Bonchev–Trinajstić information content (AvgIpc) is 3.70. The van der Waals surface area contributed by atoms with Crippen LogP contribution in [0, 0.1) is 0 Å². The van der Waals surface area contributed by atoms with E-state index in [1.165, 1.54) is 44.1 Å². The summed E-state index contributed by atoms with van der Waals surface area (Å²) in [4.78, 5) is 2.51. The van der Waals surface area contributed by atoms with Gasteiger partial charge in [-0.3, -0.25) is 0 Å². The van der Waals surface area contributed by atoms with E-state index in [4.69, 9.17) is 0 Å². The first-order valence-electron chi connectivity index (χ1n) is 21.3. The molecule has 0 amide bonds. The Morgan fingerprint density at radius 1 is 0.274 bits per heavy atom. The standard InChI is InChI=1S/C60H42N2/c1-6-19-43(20-7-1)46-33-35-47(36-34-46)49-37-38-57(55(42-49)48-25-12-4-13-26-48)62(53-40-50(44-21-8-2-9-22-44)39-51(41-53)45-23-10-3-11-24-45)59-32-18-31-58-60(59)54-29-16-17-30-56(54)61(58)52-27-14-5-15-28-52/h1-42H. The first-order chi connectivity index (χ1) is 30.8. The zero-order chi connectivity index (χ0) is 41.2. The summed E-state index contributed by atoms with van der Waals surface area (Å²) in [6, 6.07) is 92.3. The molecule has 0 fully saturated rings. The van der Waals surface area contributed by atoms with Gasteiger partial charge in [0.25, 0.3) is 0 Å². The van der Waals surface area contributed by atoms with Gasteiger partial charge in [-0.1, -0.05) is 194 Å². The van der Waals surface area contributed by atoms with Crippen molar-refractivity contribution in [1.29, 1.82) is 0 Å². The molecule has 0 N–H and O–H groups in total. The molecule has 292 valence electrons. The van der Waals surface area contributed by atoms with Gasteiger partial charge in [0, 0.05) is 27.7 Å². The van der Waals surface area contributed by atoms with Crippen molar-refractivity contribution >= 4 is 38.9 Å². The topological polar surface area (TPSA) is 8.17 Å². The van der Waals surface area contributed by atoms with Gasteiger partial charge in [0.1, 0.15) is 0 Å². The van der Waals surface area contributed by atoms with Gasteiger partial charge in [-0.25, -0.2) is 0 Å². The van der Waals surface area contributed by atoms with E-state index in [9.17, 15) is 0 Å². The molecule has 1 heterocycles. The Bertz CT molecular complexity index is 3240. The zero-order valence-electron chi connectivity index (χ0n) is 34.1. The smallest absolute Gasteiger partial charge is 0.0562 e. The minimum atomic E-state index is 1.08. The molecule has 0 bridgehead atoms. The van der Waals surface area contributed by atoms with Crippen LogP contribution in [-0.4, -0.2) is 4.57 Å². The first-order valence-corrected chi connectivity index (χ1v) is 21.3. The Kier molecular flexibility index (Phi) is 9.57. The predicted molar refractivity (Wildman–Crippen MR) is 263 cm³/mol. The van der Waals surface area contributed by atoms with Gasteiger partial charge < -0.3 is 9.47 Å². The molecule has 62 heavy (non-hydrogen) atoms. The fraction of sp³-hybridized carbons (Fsp3) is 0. The molecule has 11 rings (SSSR count). The van der Waals surface area contributed by atoms with Crippen LogP contribution in [0.5, 0.6) is 0 Å². The van der Waals surface area contributed by atoms with Crippen LogP contribution in [0.3, 0.4) is 0 Å². The summed E-state index contributed by atoms with van der Waals surface area (Å²) in [5.41, 5.74) is 18.4. The van der Waals surface area contributed by atoms with Gasteiger partial charge in [-0.2, -0.15) is 0 Å². The van der Waals surface area contributed by atoms with Crippen molar-refractivity contribution in [3.63, 3.8) is 0 Å². The van der Waals surface area contributed by atoms with Crippen molar-refractivity contribution in [3.05, 3.63) is 255 Å². The van der Waals surface area contributed by atoms with E-state index in [2.05, 4.69) is 264 Å². The molecular weight excluding hydrogens is 749 g/mol. The maximum Gasteiger partial charge on any atom is 0.0562 e. The highest BCUT2D eigenvalue weighted by Crippen LogP contribution is 2.49. The molecule has 0 aliphatic rings. The Morgan fingerprint density at radius 2 is 0.726 bits per heavy atom. The zero-order valence-corrected chi connectivity index (χ0v) is 34.1. The van der Waals surface area contributed by atoms with Crippen LogP contribution < -0.4 is 4.90 Å². The number of anilines is 3. The monoisotopic (exact) mass is 790 g/mol. The number of benzene rings is 10. The van der Waals surface area contributed by atoms with E-state index in [0.29, 0.717) is 0 Å². The fourth-order valence-electron chi connectivity index (χ4n) is 9.03. The summed E-state index contributed by atoms with van der Waals surface area (Å²) in [5, 5.41) is 2.39. The summed E-state index contributed by atoms with van der Waals surface area (Å²) in [6.07, 6.45) is 0. The van der Waals surface area contributed by atoms with Crippen LogP contribution in [0.1, 0.15) is 0 Å². The maximum absolute atomic E-state index is 2.51. The van der Waals surface area contributed by atoms with Gasteiger partial charge in [0.05, 0.1) is 22.4 Å². The summed E-state index contributed by atoms with van der Waals surface area (Å²) in [5.74, 6) is 0. The molecule has 2 nitrogen and oxygen atoms in total. The van der Waals surface area contributed by atoms with Crippen molar-refractivity contribution in [1.82, 2.24) is 4.57 Å². The van der Waals surface area contributed by atoms with Crippen molar-refractivity contribution in [2.75, 3.05) is 4.90 Å². The number of rotatable bonds is 9. The normalized spacial score (nSPS) is 11.2. The van der Waals surface area contributed by atoms with Crippen LogP contribution in [-0.2, 0) is 0 Å². The fourth-order valence-corrected chi connectivity index (χ4v) is 9.03. The lowest BCUT2D eigenvalue weighted by Crippen LogP contribution is -2.12. The summed E-state index contributed by atoms with van der Waals surface area (Å²) >= 11 is 0. The third-order valence-electron chi connectivity index (χ3n) is 12.0. The van der Waals surface area contributed by atoms with E-state index < -0.39 is 0 Å². The van der Waals surface area contributed by atoms with E-state index in [0.717, 1.165) is 56.1 Å². The number of hydrogen-bond donors (Lipinski definition) is 0. The second kappa shape index (κ2) is 16.1. The van der Waals surface area contributed by atoms with Crippen LogP contribution in [0.2, 0.25) is 0 Å². The number of hydrogen-bond acceptors (Lipinski definition) is 1. The Labute approximate surface area is 362 Å². The minimum Gasteiger partial charge on any atom is -0.309 e. The lowest BCUT2D eigenvalue weighted by atomic mass is 9.94. The van der Waals surface area contributed by atoms with Crippen molar-refractivity contribution in [3.8, 4) is 61.3 Å². The molecule has 0 radical (unpaired) electrons. The number of fused-ring (bicyclic) bond motifs is 3. The molecule has 0 spiro atoms. The molecular formula is C60H42N2. The molecule has 0 aliphatic carbocycles. The molecule has 0 aliphatic heterocycles. The van der Waals surface area contributed by atoms with Crippen LogP contribution in [0.15, 0.2) is 255 Å². The Balaban J connectivity index is 1.20. The number of para-hydroxylation sites is 2. The molecule has 0 saturated heterocycles. The van der Waals surface area contributed by atoms with Gasteiger partial charge in [-0.05, 0) is 111 Å². The van der Waals surface area contributed by atoms with E-state index >= 15 is 0 Å². The quantitative estimate of drug-likeness (QED) is 0.141. The van der Waals surface area contributed by atoms with Crippen molar-refractivity contribution < 1.29 is 0 Å². The molecule has 0 atom stereocenters. The van der Waals surface area contributed by atoms with Gasteiger partial charge in [0.15, 0.2) is 0 Å². The highest BCUT2D eigenvalue weighted by atomic mass is 15.2. The Hall–Kier alpha value is -8.20. The lowest BCUT2D eigenvalue weighted by Gasteiger charge is -2.30. The minimum absolute atomic E-state index is 1.08. The Morgan fingerprint density at radius 3 is 1.32 bits per heavy atom. The average molecular weight is 791 g/mol. The van der Waals surface area contributed by atoms with Gasteiger partial charge in [-0.15, -0.1) is 0 Å². The lowest BCUT2D eigenvalue weighted by molar-refractivity contribution is 1.18. The van der Waals surface area contributed by atoms with Crippen molar-refractivity contribution in [2.45, 2.75) is 0 Å². The molecule has 1 aromatic heterocycles. The highest BCUT2D eigenvalue weighted by molar-refractivity contribution is 6.17. The van der Waals surface area contributed by atoms with Gasteiger partial charge >= 0.3 is 0 Å². The second-order valence-electron chi connectivity index (χ2n) is 15.7. The van der Waals surface area contributed by atoms with E-state index in [-0.39, 0.29) is 0 Å². The number of aromatic nitrogens is 1. The van der Waals surface area contributed by atoms with E-state index in [1.807, 2.05) is 0 Å². The van der Waals surface area contributed by atoms with Crippen molar-refractivity contribution in [2.24, 2.45) is 0 Å². The SMILES string of the molecule is c1ccc(-c2ccc(-c3ccc(N(c4cc(-c5ccccc5)cc(-c5ccccc5)c4)c4cccc5c4c4ccccc4n5-c4ccccc4)c(-c4ccccc4)c3)cc2)cc1. The molecule has 11 aromatic rings. The first kappa shape index (κ1) is 36.8. The summed E-state index contributed by atoms with van der Waals surface area (Å²) < 4.78 is 2.41. The largest absolute Gasteiger partial charge is 0.309 e. The van der Waals surface area contributed by atoms with Gasteiger partial charge in [0.2, 0.25) is 0 Å². The maximum atomic E-state index is 2.51. The molecule has 2 heteroatoms. The van der Waals surface area contributed by atoms with E-state index in [1.54, 1.807) is 0 Å².